The van der Waals surface area contributed by atoms with Crippen LogP contribution in [0.2, 0.25) is 0 Å². The molecule has 1 unspecified atom stereocenters. The summed E-state index contributed by atoms with van der Waals surface area (Å²) in [7, 11) is 0. The van der Waals surface area contributed by atoms with Crippen LogP contribution in [0.15, 0.2) is 0 Å². The van der Waals surface area contributed by atoms with Gasteiger partial charge in [0.2, 0.25) is 0 Å². The van der Waals surface area contributed by atoms with E-state index in [0.717, 1.165) is 12.0 Å². The topological polar surface area (TPSA) is 12.0 Å². The molecule has 1 saturated heterocycles. The zero-order valence-corrected chi connectivity index (χ0v) is 8.54. The smallest absolute Gasteiger partial charge is 0.0158 e. The van der Waals surface area contributed by atoms with Crippen molar-refractivity contribution < 1.29 is 0 Å². The first-order chi connectivity index (χ1) is 5.95. The Morgan fingerprint density at radius 3 is 2.67 bits per heavy atom. The summed E-state index contributed by atoms with van der Waals surface area (Å²) in [5.74, 6) is 3.77. The third-order valence-corrected chi connectivity index (χ3v) is 4.30. The van der Waals surface area contributed by atoms with Gasteiger partial charge in [0.05, 0.1) is 0 Å². The summed E-state index contributed by atoms with van der Waals surface area (Å²) in [6.45, 7) is 1.30. The Morgan fingerprint density at radius 1 is 1.17 bits per heavy atom. The van der Waals surface area contributed by atoms with Gasteiger partial charge in [0.15, 0.2) is 0 Å². The lowest BCUT2D eigenvalue weighted by Gasteiger charge is -2.29. The normalized spacial score (nSPS) is 31.5. The molecule has 1 saturated carbocycles. The zero-order valence-electron chi connectivity index (χ0n) is 7.72. The first-order valence-corrected chi connectivity index (χ1v) is 6.42. The van der Waals surface area contributed by atoms with Crippen LogP contribution < -0.4 is 5.32 Å². The Bertz CT molecular complexity index is 128. The molecule has 0 radical (unpaired) electrons. The molecule has 2 rings (SSSR count). The molecule has 0 aromatic rings. The highest BCUT2D eigenvalue weighted by Crippen LogP contribution is 2.26. The van der Waals surface area contributed by atoms with Crippen molar-refractivity contribution in [3.63, 3.8) is 0 Å². The average molecular weight is 185 g/mol. The summed E-state index contributed by atoms with van der Waals surface area (Å²) >= 11 is 2.12. The minimum atomic E-state index is 0.837. The lowest BCUT2D eigenvalue weighted by Crippen LogP contribution is -2.38. The van der Waals surface area contributed by atoms with Crippen LogP contribution in [-0.4, -0.2) is 24.1 Å². The second-order valence-electron chi connectivity index (χ2n) is 4.12. The predicted molar refractivity (Wildman–Crippen MR) is 55.7 cm³/mol. The standard InChI is InChI=1S/C10H19NS/c1-3-9(4-1)7-11-10-5-2-6-12-8-10/h9-11H,1-8H2. The van der Waals surface area contributed by atoms with Gasteiger partial charge in [-0.1, -0.05) is 6.42 Å². The Hall–Kier alpha value is 0.310. The largest absolute Gasteiger partial charge is 0.313 e. The fourth-order valence-corrected chi connectivity index (χ4v) is 3.04. The van der Waals surface area contributed by atoms with Crippen LogP contribution in [0.3, 0.4) is 0 Å². The van der Waals surface area contributed by atoms with Crippen molar-refractivity contribution in [1.29, 1.82) is 0 Å². The van der Waals surface area contributed by atoms with Gasteiger partial charge in [0.25, 0.3) is 0 Å². The maximum absolute atomic E-state index is 3.70. The van der Waals surface area contributed by atoms with Crippen molar-refractivity contribution in [2.75, 3.05) is 18.1 Å². The molecule has 12 heavy (non-hydrogen) atoms. The van der Waals surface area contributed by atoms with E-state index in [4.69, 9.17) is 0 Å². The molecule has 2 fully saturated rings. The van der Waals surface area contributed by atoms with Crippen LogP contribution in [0.5, 0.6) is 0 Å². The molecule has 2 aliphatic rings. The van der Waals surface area contributed by atoms with E-state index in [9.17, 15) is 0 Å². The molecule has 0 aromatic heterocycles. The summed E-state index contributed by atoms with van der Waals surface area (Å²) in [5, 5.41) is 3.70. The van der Waals surface area contributed by atoms with E-state index in [1.807, 2.05) is 0 Å². The Labute approximate surface area is 79.7 Å². The molecule has 1 aliphatic heterocycles. The third-order valence-electron chi connectivity index (χ3n) is 3.08. The molecule has 0 bridgehead atoms. The maximum atomic E-state index is 3.70. The van der Waals surface area contributed by atoms with Crippen molar-refractivity contribution >= 4 is 11.8 Å². The molecule has 1 aliphatic carbocycles. The minimum Gasteiger partial charge on any atom is -0.313 e. The van der Waals surface area contributed by atoms with Crippen LogP contribution in [0, 0.1) is 5.92 Å². The molecule has 0 aromatic carbocycles. The molecule has 1 heterocycles. The summed E-state index contributed by atoms with van der Waals surface area (Å²) in [4.78, 5) is 0. The summed E-state index contributed by atoms with van der Waals surface area (Å²) < 4.78 is 0. The second-order valence-corrected chi connectivity index (χ2v) is 5.27. The van der Waals surface area contributed by atoms with E-state index in [1.165, 1.54) is 50.2 Å². The predicted octanol–water partition coefficient (Wildman–Crippen LogP) is 2.27. The third kappa shape index (κ3) is 2.40. The van der Waals surface area contributed by atoms with E-state index >= 15 is 0 Å². The number of thioether (sulfide) groups is 1. The van der Waals surface area contributed by atoms with Gasteiger partial charge < -0.3 is 5.32 Å². The van der Waals surface area contributed by atoms with Gasteiger partial charge in [0, 0.05) is 11.8 Å². The van der Waals surface area contributed by atoms with E-state index in [0.29, 0.717) is 0 Å². The number of hydrogen-bond acceptors (Lipinski definition) is 2. The summed E-state index contributed by atoms with van der Waals surface area (Å²) in [6.07, 6.45) is 7.28. The van der Waals surface area contributed by atoms with Gasteiger partial charge in [-0.05, 0) is 43.9 Å². The zero-order chi connectivity index (χ0) is 8.23. The van der Waals surface area contributed by atoms with E-state index in [2.05, 4.69) is 17.1 Å². The van der Waals surface area contributed by atoms with E-state index < -0.39 is 0 Å². The van der Waals surface area contributed by atoms with Crippen LogP contribution in [-0.2, 0) is 0 Å². The molecule has 2 heteroatoms. The molecule has 70 valence electrons. The van der Waals surface area contributed by atoms with Crippen molar-refractivity contribution in [3.8, 4) is 0 Å². The first-order valence-electron chi connectivity index (χ1n) is 5.26. The minimum absolute atomic E-state index is 0.837. The molecular weight excluding hydrogens is 166 g/mol. The quantitative estimate of drug-likeness (QED) is 0.724. The van der Waals surface area contributed by atoms with Crippen molar-refractivity contribution in [2.45, 2.75) is 38.1 Å². The van der Waals surface area contributed by atoms with Gasteiger partial charge >= 0.3 is 0 Å². The van der Waals surface area contributed by atoms with Gasteiger partial charge in [-0.2, -0.15) is 11.8 Å². The highest BCUT2D eigenvalue weighted by atomic mass is 32.2. The fourth-order valence-electron chi connectivity index (χ4n) is 1.93. The lowest BCUT2D eigenvalue weighted by atomic mass is 9.85. The molecule has 1 nitrogen and oxygen atoms in total. The maximum Gasteiger partial charge on any atom is 0.0158 e. The van der Waals surface area contributed by atoms with Crippen molar-refractivity contribution in [2.24, 2.45) is 5.92 Å². The Morgan fingerprint density at radius 2 is 2.08 bits per heavy atom. The van der Waals surface area contributed by atoms with E-state index in [1.54, 1.807) is 0 Å². The van der Waals surface area contributed by atoms with E-state index in [-0.39, 0.29) is 0 Å². The van der Waals surface area contributed by atoms with Gasteiger partial charge in [-0.25, -0.2) is 0 Å². The summed E-state index contributed by atoms with van der Waals surface area (Å²) in [6, 6.07) is 0.837. The molecule has 0 spiro atoms. The Balaban J connectivity index is 1.58. The summed E-state index contributed by atoms with van der Waals surface area (Å²) in [5.41, 5.74) is 0. The molecule has 1 atom stereocenters. The van der Waals surface area contributed by atoms with Crippen molar-refractivity contribution in [3.05, 3.63) is 0 Å². The molecule has 1 N–H and O–H groups in total. The van der Waals surface area contributed by atoms with Gasteiger partial charge in [-0.3, -0.25) is 0 Å². The van der Waals surface area contributed by atoms with Crippen molar-refractivity contribution in [1.82, 2.24) is 5.32 Å². The van der Waals surface area contributed by atoms with Gasteiger partial charge in [-0.15, -0.1) is 0 Å². The van der Waals surface area contributed by atoms with Crippen LogP contribution in [0.25, 0.3) is 0 Å². The second kappa shape index (κ2) is 4.52. The highest BCUT2D eigenvalue weighted by Gasteiger charge is 2.19. The highest BCUT2D eigenvalue weighted by molar-refractivity contribution is 7.99. The fraction of sp³-hybridized carbons (Fsp3) is 1.00. The lowest BCUT2D eigenvalue weighted by molar-refractivity contribution is 0.289. The van der Waals surface area contributed by atoms with Crippen LogP contribution >= 0.6 is 11.8 Å². The number of hydrogen-bond donors (Lipinski definition) is 1. The Kier molecular flexibility index (Phi) is 3.35. The average Bonchev–Trinajstić information content (AvgIpc) is 2.04. The number of rotatable bonds is 3. The molecular formula is C10H19NS. The van der Waals surface area contributed by atoms with Crippen LogP contribution in [0.4, 0.5) is 0 Å². The SMILES string of the molecule is C1CC(CNC2CCCSC2)C1. The molecule has 0 amide bonds. The van der Waals surface area contributed by atoms with Gasteiger partial charge in [0.1, 0.15) is 0 Å². The first kappa shape index (κ1) is 8.89. The monoisotopic (exact) mass is 185 g/mol. The number of nitrogens with one attached hydrogen (secondary N) is 1. The van der Waals surface area contributed by atoms with Crippen LogP contribution in [0.1, 0.15) is 32.1 Å².